The first kappa shape index (κ1) is 8.28. The van der Waals surface area contributed by atoms with Gasteiger partial charge < -0.3 is 5.73 Å². The third kappa shape index (κ3) is 1.29. The normalized spacial score (nSPS) is 10.3. The fourth-order valence-corrected chi connectivity index (χ4v) is 1.30. The molecule has 0 fully saturated rings. The second-order valence-corrected chi connectivity index (χ2v) is 3.23. The average Bonchev–Trinajstić information content (AvgIpc) is 1.97. The van der Waals surface area contributed by atoms with E-state index in [1.165, 1.54) is 22.3 Å². The van der Waals surface area contributed by atoms with E-state index in [9.17, 15) is 0 Å². The van der Waals surface area contributed by atoms with Crippen molar-refractivity contribution in [3.8, 4) is 0 Å². The average molecular weight is 150 g/mol. The van der Waals surface area contributed by atoms with Gasteiger partial charge in [-0.3, -0.25) is 0 Å². The van der Waals surface area contributed by atoms with Gasteiger partial charge in [0.2, 0.25) is 0 Å². The fraction of sp³-hybridized carbons (Fsp3) is 0.400. The zero-order valence-corrected chi connectivity index (χ0v) is 7.78. The molecule has 11 heavy (non-hydrogen) atoms. The van der Waals surface area contributed by atoms with Crippen LogP contribution < -0.4 is 5.73 Å². The molecule has 0 spiro atoms. The van der Waals surface area contributed by atoms with Crippen LogP contribution in [0.25, 0.3) is 0 Å². The van der Waals surface area contributed by atoms with Crippen molar-refractivity contribution < 1.29 is 5.73 Å². The maximum atomic E-state index is 3.98. The van der Waals surface area contributed by atoms with Crippen molar-refractivity contribution in [2.24, 2.45) is 0 Å². The number of aryl methyl sites for hydroxylation is 1. The summed E-state index contributed by atoms with van der Waals surface area (Å²) >= 11 is 0. The number of hydrogen-bond acceptors (Lipinski definition) is 0. The summed E-state index contributed by atoms with van der Waals surface area (Å²) in [5.41, 5.74) is 10.6. The highest BCUT2D eigenvalue weighted by molar-refractivity contribution is 5.50. The van der Waals surface area contributed by atoms with Crippen LogP contribution in [0, 0.1) is 27.7 Å². The SMILES string of the molecule is Cc1cc([NH3+])c(C)c(C)c1C. The highest BCUT2D eigenvalue weighted by Crippen LogP contribution is 2.20. The summed E-state index contributed by atoms with van der Waals surface area (Å²) in [6.45, 7) is 8.59. The van der Waals surface area contributed by atoms with Crippen molar-refractivity contribution in [2.75, 3.05) is 0 Å². The first-order valence-electron chi connectivity index (χ1n) is 3.93. The van der Waals surface area contributed by atoms with Crippen molar-refractivity contribution in [3.05, 3.63) is 28.3 Å². The van der Waals surface area contributed by atoms with Crippen molar-refractivity contribution in [1.82, 2.24) is 0 Å². The lowest BCUT2D eigenvalue weighted by molar-refractivity contribution is -0.255. The van der Waals surface area contributed by atoms with Crippen LogP contribution in [0.5, 0.6) is 0 Å². The Balaban J connectivity index is 3.46. The molecule has 1 aromatic rings. The van der Waals surface area contributed by atoms with Crippen molar-refractivity contribution >= 4 is 5.69 Å². The van der Waals surface area contributed by atoms with Gasteiger partial charge in [-0.25, -0.2) is 0 Å². The maximum absolute atomic E-state index is 3.98. The van der Waals surface area contributed by atoms with Crippen molar-refractivity contribution in [1.29, 1.82) is 0 Å². The van der Waals surface area contributed by atoms with Crippen LogP contribution in [0.1, 0.15) is 22.3 Å². The van der Waals surface area contributed by atoms with E-state index in [-0.39, 0.29) is 0 Å². The smallest absolute Gasteiger partial charge is 0.131 e. The Morgan fingerprint density at radius 2 is 1.45 bits per heavy atom. The summed E-state index contributed by atoms with van der Waals surface area (Å²) in [6.07, 6.45) is 0. The second kappa shape index (κ2) is 2.67. The lowest BCUT2D eigenvalue weighted by atomic mass is 9.98. The Labute approximate surface area is 68.2 Å². The number of hydrogen-bond donors (Lipinski definition) is 1. The second-order valence-electron chi connectivity index (χ2n) is 3.23. The van der Waals surface area contributed by atoms with Crippen molar-refractivity contribution in [3.63, 3.8) is 0 Å². The predicted molar refractivity (Wildman–Crippen MR) is 47.9 cm³/mol. The molecule has 1 rings (SSSR count). The Morgan fingerprint density at radius 1 is 0.909 bits per heavy atom. The van der Waals surface area contributed by atoms with Gasteiger partial charge in [-0.15, -0.1) is 0 Å². The molecule has 0 amide bonds. The highest BCUT2D eigenvalue weighted by Gasteiger charge is 2.05. The summed E-state index contributed by atoms with van der Waals surface area (Å²) < 4.78 is 0. The van der Waals surface area contributed by atoms with Gasteiger partial charge in [-0.05, 0) is 44.4 Å². The van der Waals surface area contributed by atoms with Crippen LogP contribution in [0.4, 0.5) is 5.69 Å². The van der Waals surface area contributed by atoms with Crippen LogP contribution in [0.15, 0.2) is 6.07 Å². The zero-order valence-electron chi connectivity index (χ0n) is 7.78. The zero-order chi connectivity index (χ0) is 8.59. The van der Waals surface area contributed by atoms with Crippen LogP contribution in [0.3, 0.4) is 0 Å². The maximum Gasteiger partial charge on any atom is 0.131 e. The largest absolute Gasteiger partial charge is 0.325 e. The van der Waals surface area contributed by atoms with Crippen LogP contribution in [-0.4, -0.2) is 0 Å². The standard InChI is InChI=1S/C10H15N/c1-6-5-10(11)9(4)8(3)7(6)2/h5H,11H2,1-4H3/p+1. The molecule has 0 aliphatic carbocycles. The molecule has 1 heteroatoms. The summed E-state index contributed by atoms with van der Waals surface area (Å²) in [4.78, 5) is 0. The number of benzene rings is 1. The van der Waals surface area contributed by atoms with Crippen LogP contribution in [0.2, 0.25) is 0 Å². The van der Waals surface area contributed by atoms with Gasteiger partial charge in [0, 0.05) is 11.6 Å². The first-order chi connectivity index (χ1) is 5.04. The molecule has 0 radical (unpaired) electrons. The molecule has 0 aliphatic rings. The fourth-order valence-electron chi connectivity index (χ4n) is 1.30. The minimum atomic E-state index is 1.16. The summed E-state index contributed by atoms with van der Waals surface area (Å²) in [7, 11) is 0. The first-order valence-corrected chi connectivity index (χ1v) is 3.93. The minimum absolute atomic E-state index is 1.16. The van der Waals surface area contributed by atoms with Crippen LogP contribution >= 0.6 is 0 Å². The van der Waals surface area contributed by atoms with Gasteiger partial charge in [0.1, 0.15) is 5.69 Å². The molecule has 0 saturated heterocycles. The van der Waals surface area contributed by atoms with Crippen molar-refractivity contribution in [2.45, 2.75) is 27.7 Å². The molecule has 0 aromatic heterocycles. The number of quaternary nitrogens is 1. The van der Waals surface area contributed by atoms with E-state index in [1.54, 1.807) is 0 Å². The lowest BCUT2D eigenvalue weighted by Gasteiger charge is -2.07. The molecule has 0 atom stereocenters. The number of rotatable bonds is 0. The Hall–Kier alpha value is -0.820. The molecule has 3 N–H and O–H groups in total. The molecular formula is C10H16N+. The highest BCUT2D eigenvalue weighted by atomic mass is 14.6. The van der Waals surface area contributed by atoms with E-state index in [0.717, 1.165) is 5.69 Å². The van der Waals surface area contributed by atoms with E-state index in [0.29, 0.717) is 0 Å². The Kier molecular flexibility index (Phi) is 2.01. The minimum Gasteiger partial charge on any atom is -0.325 e. The van der Waals surface area contributed by atoms with E-state index in [4.69, 9.17) is 0 Å². The molecule has 1 nitrogen and oxygen atoms in total. The third-order valence-electron chi connectivity index (χ3n) is 2.59. The van der Waals surface area contributed by atoms with E-state index in [2.05, 4.69) is 39.5 Å². The topological polar surface area (TPSA) is 27.6 Å². The van der Waals surface area contributed by atoms with Gasteiger partial charge in [0.15, 0.2) is 0 Å². The lowest BCUT2D eigenvalue weighted by Crippen LogP contribution is -2.41. The molecule has 0 unspecified atom stereocenters. The van der Waals surface area contributed by atoms with Gasteiger partial charge in [-0.1, -0.05) is 0 Å². The van der Waals surface area contributed by atoms with Gasteiger partial charge in [0.05, 0.1) is 0 Å². The quantitative estimate of drug-likeness (QED) is 0.584. The third-order valence-corrected chi connectivity index (χ3v) is 2.59. The van der Waals surface area contributed by atoms with E-state index < -0.39 is 0 Å². The summed E-state index contributed by atoms with van der Waals surface area (Å²) in [5.74, 6) is 0. The van der Waals surface area contributed by atoms with Crippen LogP contribution in [-0.2, 0) is 0 Å². The van der Waals surface area contributed by atoms with Gasteiger partial charge in [0.25, 0.3) is 0 Å². The predicted octanol–water partition coefficient (Wildman–Crippen LogP) is 1.79. The molecule has 60 valence electrons. The van der Waals surface area contributed by atoms with Gasteiger partial charge in [-0.2, -0.15) is 0 Å². The summed E-state index contributed by atoms with van der Waals surface area (Å²) in [6, 6.07) is 2.15. The molecule has 0 heterocycles. The molecule has 0 saturated carbocycles. The molecule has 1 aromatic carbocycles. The monoisotopic (exact) mass is 150 g/mol. The van der Waals surface area contributed by atoms with E-state index >= 15 is 0 Å². The molecular weight excluding hydrogens is 134 g/mol. The van der Waals surface area contributed by atoms with Gasteiger partial charge >= 0.3 is 0 Å². The Bertz CT molecular complexity index is 261. The summed E-state index contributed by atoms with van der Waals surface area (Å²) in [5, 5.41) is 0. The Morgan fingerprint density at radius 3 is 2.00 bits per heavy atom. The van der Waals surface area contributed by atoms with E-state index in [1.807, 2.05) is 0 Å². The molecule has 0 aliphatic heterocycles. The molecule has 0 bridgehead atoms.